The maximum absolute atomic E-state index is 14.6. The zero-order chi connectivity index (χ0) is 106. The van der Waals surface area contributed by atoms with E-state index in [0.29, 0.717) is 155 Å². The van der Waals surface area contributed by atoms with E-state index >= 15 is 0 Å². The molecule has 0 spiro atoms. The van der Waals surface area contributed by atoms with Gasteiger partial charge in [0.1, 0.15) is 107 Å². The molecule has 51 nitrogen and oxygen atoms in total. The second-order valence-electron chi connectivity index (χ2n) is 39.8. The Hall–Kier alpha value is -9.13. The number of alkyl carbamates (subject to hydrolysis) is 1. The summed E-state index contributed by atoms with van der Waals surface area (Å²) < 4.78 is 175. The number of nitrogens with zero attached hydrogens (tertiary/aromatic N) is 9. The first-order valence-corrected chi connectivity index (χ1v) is 51.5. The van der Waals surface area contributed by atoms with Gasteiger partial charge < -0.3 is 170 Å². The third-order valence-electron chi connectivity index (χ3n) is 26.3. The maximum Gasteiger partial charge on any atom is 0.407 e. The second-order valence-corrected chi connectivity index (χ2v) is 39.8. The fraction of sp³-hybridized carbons (Fsp3) is 0.747. The van der Waals surface area contributed by atoms with Crippen molar-refractivity contribution >= 4 is 41.6 Å². The number of hydrogen-bond acceptors (Lipinski definition) is 41. The third-order valence-corrected chi connectivity index (χ3v) is 26.3. The number of unbranched alkanes of at least 4 members (excludes halogenated alkanes) is 2. The van der Waals surface area contributed by atoms with Crippen LogP contribution in [0.1, 0.15) is 135 Å². The van der Waals surface area contributed by atoms with Crippen LogP contribution in [0.3, 0.4) is 0 Å². The van der Waals surface area contributed by atoms with E-state index in [1.165, 1.54) is 20.8 Å². The number of rotatable bonds is 71. The zero-order valence-electron chi connectivity index (χ0n) is 86.8. The molecule has 2 aromatic carbocycles. The summed E-state index contributed by atoms with van der Waals surface area (Å²) in [4.78, 5) is 89.6. The lowest BCUT2D eigenvalue weighted by Gasteiger charge is -2.42. The van der Waals surface area contributed by atoms with Crippen molar-refractivity contribution < 1.29 is 171 Å². The molecule has 0 radical (unpaired) electrons. The molecule has 150 heavy (non-hydrogen) atoms. The number of carbonyl (C=O) groups excluding carboxylic acids is 6. The van der Waals surface area contributed by atoms with E-state index in [4.69, 9.17) is 133 Å². The molecular formula is C99H147N15O36. The highest BCUT2D eigenvalue weighted by Crippen LogP contribution is 2.51. The number of nitrogens with one attached hydrogen (secondary N) is 6. The molecule has 5 aromatic rings. The van der Waals surface area contributed by atoms with Gasteiger partial charge in [-0.15, -0.1) is 15.3 Å². The summed E-state index contributed by atoms with van der Waals surface area (Å²) in [7, 11) is 0. The fourth-order valence-corrected chi connectivity index (χ4v) is 19.6. The van der Waals surface area contributed by atoms with E-state index in [0.717, 1.165) is 22.3 Å². The maximum atomic E-state index is 14.6. The van der Waals surface area contributed by atoms with Crippen molar-refractivity contribution in [3.8, 4) is 11.1 Å². The van der Waals surface area contributed by atoms with Crippen LogP contribution >= 0.6 is 0 Å². The predicted molar refractivity (Wildman–Crippen MR) is 515 cm³/mol. The van der Waals surface area contributed by atoms with Crippen LogP contribution in [-0.2, 0) is 201 Å². The van der Waals surface area contributed by atoms with Crippen LogP contribution in [-0.4, -0.2) is 422 Å². The van der Waals surface area contributed by atoms with Crippen molar-refractivity contribution in [1.29, 1.82) is 0 Å². The summed E-state index contributed by atoms with van der Waals surface area (Å²) in [5.74, 6) is -5.73. The van der Waals surface area contributed by atoms with Gasteiger partial charge in [-0.3, -0.25) is 28.8 Å². The van der Waals surface area contributed by atoms with Gasteiger partial charge in [0.2, 0.25) is 29.5 Å². The molecule has 6 bridgehead atoms. The molecule has 9 fully saturated rings. The van der Waals surface area contributed by atoms with Gasteiger partial charge in [-0.1, -0.05) is 70.6 Å². The molecule has 51 heteroatoms. The monoisotopic (exact) mass is 2120 g/mol. The normalized spacial score (nSPS) is 25.9. The summed E-state index contributed by atoms with van der Waals surface area (Å²) in [5.41, 5.74) is 1.36. The average Bonchev–Trinajstić information content (AvgIpc) is 1.57. The molecule has 16 atom stereocenters. The molecule has 9 aliphatic heterocycles. The topological polar surface area (TPSA) is 562 Å². The van der Waals surface area contributed by atoms with E-state index in [1.807, 2.05) is 90.1 Å². The number of carboxylic acids is 1. The van der Waals surface area contributed by atoms with Crippen molar-refractivity contribution in [2.45, 2.75) is 266 Å². The summed E-state index contributed by atoms with van der Waals surface area (Å²) in [6, 6.07) is 12.9. The lowest BCUT2D eigenvalue weighted by Crippen LogP contribution is -2.65. The molecule has 0 saturated carbocycles. The van der Waals surface area contributed by atoms with Crippen LogP contribution in [0.4, 0.5) is 4.79 Å². The molecule has 1 aliphatic carbocycles. The Bertz CT molecular complexity index is 4710. The number of carbonyl (C=O) groups is 7. The smallest absolute Gasteiger partial charge is 0.407 e. The highest BCUT2D eigenvalue weighted by molar-refractivity contribution is 5.86. The Morgan fingerprint density at radius 3 is 1.11 bits per heavy atom. The van der Waals surface area contributed by atoms with Gasteiger partial charge in [-0.2, -0.15) is 0 Å². The molecule has 0 unspecified atom stereocenters. The van der Waals surface area contributed by atoms with Crippen molar-refractivity contribution in [1.82, 2.24) is 76.9 Å². The lowest BCUT2D eigenvalue weighted by atomic mass is 9.88. The molecule has 10 aliphatic rings. The van der Waals surface area contributed by atoms with Crippen LogP contribution in [0.5, 0.6) is 0 Å². The van der Waals surface area contributed by atoms with Crippen molar-refractivity contribution in [3.05, 3.63) is 95.3 Å². The third kappa shape index (κ3) is 32.5. The first kappa shape index (κ1) is 115. The number of aromatic nitrogens is 9. The first-order valence-electron chi connectivity index (χ1n) is 51.5. The SMILES string of the molecule is CC(=O)N[C@H]1[C@H]2OC[C@](COCCOCCOCCOCCn3cc(COCC(COCc4cn(CCOCCOCCOCCOC[C@@]56CO[C@@H](O5)[C@H](NC(C)=O)[C@H]5OC(C)(C)O[C@H]56)nn4)(COCc4cn(CCOCCOCCOCCOC[C@@]56CO[C@@H](O5)[C@H](NC(C)=O)[C@H]5OC(C)(C)O[C@H]56)nn4)NC(=O)CCCCCNC(=O)[C@H](CCC(=O)O)NC(=O)OCC4c5ccccc5-c5ccccc54)nn3)(O2)[C@@H]2OC(C)(C)O[C@H]12. The number of amides is 6. The minimum atomic E-state index is -1.40. The van der Waals surface area contributed by atoms with E-state index in [1.54, 1.807) is 32.6 Å². The van der Waals surface area contributed by atoms with Crippen LogP contribution in [0, 0.1) is 0 Å². The van der Waals surface area contributed by atoms with E-state index in [-0.39, 0.29) is 174 Å². The molecule has 834 valence electrons. The van der Waals surface area contributed by atoms with Crippen LogP contribution in [0.15, 0.2) is 67.1 Å². The number of hydrogen-bond donors (Lipinski definition) is 7. The van der Waals surface area contributed by atoms with E-state index in [9.17, 15) is 38.7 Å². The molecule has 6 amide bonds. The van der Waals surface area contributed by atoms with Crippen LogP contribution in [0.25, 0.3) is 11.1 Å². The Labute approximate surface area is 869 Å². The number of aliphatic carboxylic acids is 1. The van der Waals surface area contributed by atoms with E-state index in [2.05, 4.69) is 62.8 Å². The average molecular weight is 2120 g/mol. The van der Waals surface area contributed by atoms with Crippen molar-refractivity contribution in [2.75, 3.05) is 211 Å². The minimum absolute atomic E-state index is 0.0125. The fourth-order valence-electron chi connectivity index (χ4n) is 19.6. The van der Waals surface area contributed by atoms with Gasteiger partial charge in [-0.25, -0.2) is 18.8 Å². The van der Waals surface area contributed by atoms with Gasteiger partial charge in [-0.05, 0) is 83.1 Å². The van der Waals surface area contributed by atoms with Gasteiger partial charge in [0.05, 0.1) is 256 Å². The Kier molecular flexibility index (Phi) is 42.4. The molecule has 12 heterocycles. The van der Waals surface area contributed by atoms with E-state index < -0.39 is 144 Å². The molecular weight excluding hydrogens is 1980 g/mol. The standard InChI is InChI=1S/C99H147N15O36/c1-65(115)101-79-82-85(145-93(4,5)142-82)97(62-139-89(79)148-97)59-132-46-43-129-40-37-126-34-31-123-28-25-112-49-68(106-109-112)52-135-56-96(105-77(118)21-11-10-16-24-100-88(121)76(22-23-78(119)120)104-92(122)138-55-75-73-19-14-12-17-71(73)72-18-13-15-20-74(72)75,57-136-53-69-50-113(110-107-69)26-29-124-32-35-127-38-41-130-44-47-133-60-98-63-140-90(149-98)80(102-66(2)116)83-86(98)146-94(6,7)143-83)58-137-54-70-51-114(111-108-70)27-30-125-33-36-128-39-42-131-45-48-134-61-99-64-141-91(150-99)81(103-67(3)117)84-87(99)147-95(8,9)144-84/h12-15,17-20,49-51,75-76,79-87,89-91H,10-11,16,21-48,52-64H2,1-9H3,(H,100,121)(H,101,115)(H,102,116)(H,103,117)(H,104,122)(H,105,118)(H,119,120)/t76-,79+,80+,81+,82+,83+,84+,85+,86+,87+,89-,90-,91-,97-,98-,99-/m0/s1. The largest absolute Gasteiger partial charge is 0.481 e. The molecule has 3 aromatic heterocycles. The van der Waals surface area contributed by atoms with Crippen LogP contribution in [0.2, 0.25) is 0 Å². The van der Waals surface area contributed by atoms with Gasteiger partial charge in [0.15, 0.2) is 36.2 Å². The predicted octanol–water partition coefficient (Wildman–Crippen LogP) is 1.36. The highest BCUT2D eigenvalue weighted by atomic mass is 16.8. The minimum Gasteiger partial charge on any atom is -0.481 e. The number of fused-ring (bicyclic) bond motifs is 15. The zero-order valence-corrected chi connectivity index (χ0v) is 86.8. The Morgan fingerprint density at radius 2 is 0.760 bits per heavy atom. The first-order chi connectivity index (χ1) is 72.4. The number of carboxylic acid groups (broad SMARTS) is 1. The molecule has 15 rings (SSSR count). The van der Waals surface area contributed by atoms with Crippen LogP contribution < -0.4 is 31.9 Å². The lowest BCUT2D eigenvalue weighted by molar-refractivity contribution is -0.214. The molecule has 9 saturated heterocycles. The summed E-state index contributed by atoms with van der Waals surface area (Å²) in [5, 5.41) is 53.0. The van der Waals surface area contributed by atoms with Crippen molar-refractivity contribution in [3.63, 3.8) is 0 Å². The second kappa shape index (κ2) is 55.3. The Morgan fingerprint density at radius 1 is 0.420 bits per heavy atom. The Balaban J connectivity index is 0.510. The summed E-state index contributed by atoms with van der Waals surface area (Å²) >= 11 is 0. The quantitative estimate of drug-likeness (QED) is 0.0270. The highest BCUT2D eigenvalue weighted by Gasteiger charge is 2.69. The summed E-state index contributed by atoms with van der Waals surface area (Å²) in [6.45, 7) is 23.2. The summed E-state index contributed by atoms with van der Waals surface area (Å²) in [6.07, 6.45) is -0.186. The number of ether oxygens (including phenoxy) is 28. The van der Waals surface area contributed by atoms with Gasteiger partial charge >= 0.3 is 12.1 Å². The molecule has 7 N–H and O–H groups in total. The van der Waals surface area contributed by atoms with Crippen molar-refractivity contribution in [2.24, 2.45) is 0 Å². The number of benzene rings is 2. The van der Waals surface area contributed by atoms with Gasteiger partial charge in [0, 0.05) is 46.1 Å². The van der Waals surface area contributed by atoms with Gasteiger partial charge in [0.25, 0.3) is 0 Å².